The fourth-order valence-corrected chi connectivity index (χ4v) is 1.47. The summed E-state index contributed by atoms with van der Waals surface area (Å²) < 4.78 is 26.5. The lowest BCUT2D eigenvalue weighted by atomic mass is 10.1. The normalized spacial score (nSPS) is 11.4. The van der Waals surface area contributed by atoms with Crippen molar-refractivity contribution in [3.05, 3.63) is 29.8 Å². The van der Waals surface area contributed by atoms with Gasteiger partial charge in [-0.15, -0.1) is 0 Å². The predicted molar refractivity (Wildman–Crippen MR) is 62.4 cm³/mol. The van der Waals surface area contributed by atoms with E-state index in [1.54, 1.807) is 6.07 Å². The third-order valence-electron chi connectivity index (χ3n) is 2.01. The van der Waals surface area contributed by atoms with Crippen molar-refractivity contribution in [3.63, 3.8) is 0 Å². The Morgan fingerprint density at radius 3 is 2.41 bits per heavy atom. The van der Waals surface area contributed by atoms with Crippen LogP contribution in [-0.4, -0.2) is 10.8 Å². The van der Waals surface area contributed by atoms with Gasteiger partial charge in [0.2, 0.25) is 0 Å². The van der Waals surface area contributed by atoms with E-state index in [9.17, 15) is 13.6 Å². The monoisotopic (exact) mass is 254 g/mol. The molecule has 1 atom stereocenters. The van der Waals surface area contributed by atoms with Gasteiger partial charge in [0.25, 0.3) is 0 Å². The van der Waals surface area contributed by atoms with Crippen LogP contribution in [0.3, 0.4) is 0 Å². The first kappa shape index (κ1) is 13.2. The Hall–Kier alpha value is -1.87. The number of hydrogen-bond acceptors (Lipinski definition) is 3. The number of thiocarbonyl (C=S) groups is 1. The Morgan fingerprint density at radius 1 is 1.47 bits per heavy atom. The molecule has 1 aromatic carbocycles. The molecule has 0 saturated carbocycles. The quantitative estimate of drug-likeness (QED) is 0.842. The molecule has 1 unspecified atom stereocenters. The second-order valence-corrected chi connectivity index (χ2v) is 3.70. The second-order valence-electron chi connectivity index (χ2n) is 3.26. The Kier molecular flexibility index (Phi) is 4.24. The molecule has 0 spiro atoms. The maximum absolute atomic E-state index is 13.2. The first-order valence-corrected chi connectivity index (χ1v) is 5.03. The summed E-state index contributed by atoms with van der Waals surface area (Å²) in [7, 11) is 0. The van der Waals surface area contributed by atoms with Crippen molar-refractivity contribution in [2.45, 2.75) is 6.92 Å². The van der Waals surface area contributed by atoms with E-state index in [1.165, 1.54) is 13.0 Å². The number of halogens is 2. The van der Waals surface area contributed by atoms with Gasteiger partial charge in [0, 0.05) is 0 Å². The summed E-state index contributed by atoms with van der Waals surface area (Å²) in [4.78, 5) is 10.8. The number of nitrogens with zero attached hydrogens (tertiary/aromatic N) is 1. The lowest BCUT2D eigenvalue weighted by Gasteiger charge is -2.11. The van der Waals surface area contributed by atoms with Crippen molar-refractivity contribution in [2.75, 3.05) is 5.32 Å². The number of nitriles is 1. The minimum atomic E-state index is -1.20. The van der Waals surface area contributed by atoms with E-state index in [1.807, 2.05) is 0 Å². The third-order valence-corrected chi connectivity index (χ3v) is 2.35. The zero-order valence-electron chi connectivity index (χ0n) is 8.83. The van der Waals surface area contributed by atoms with E-state index < -0.39 is 29.0 Å². The highest BCUT2D eigenvalue weighted by atomic mass is 32.1. The fourth-order valence-electron chi connectivity index (χ4n) is 1.15. The van der Waals surface area contributed by atoms with Crippen molar-refractivity contribution >= 4 is 28.7 Å². The van der Waals surface area contributed by atoms with Crippen LogP contribution in [0.4, 0.5) is 14.5 Å². The number of carbonyl (C=O) groups excluding carboxylic acids is 1. The lowest BCUT2D eigenvalue weighted by Crippen LogP contribution is -2.26. The number of anilines is 1. The molecule has 1 N–H and O–H groups in total. The van der Waals surface area contributed by atoms with Crippen LogP contribution in [0.25, 0.3) is 0 Å². The zero-order valence-corrected chi connectivity index (χ0v) is 9.65. The molecule has 0 amide bonds. The summed E-state index contributed by atoms with van der Waals surface area (Å²) in [6.45, 7) is 1.18. The average Bonchev–Trinajstić information content (AvgIpc) is 2.24. The van der Waals surface area contributed by atoms with Crippen molar-refractivity contribution in [1.29, 1.82) is 5.26 Å². The summed E-state index contributed by atoms with van der Waals surface area (Å²) in [6.07, 6.45) is 0. The number of hydrogen-bond donors (Lipinski definition) is 1. The number of carbonyl (C=O) groups is 1. The Bertz CT molecular complexity index is 490. The molecular formula is C11H8F2N2OS. The molecule has 17 heavy (non-hydrogen) atoms. The van der Waals surface area contributed by atoms with Gasteiger partial charge < -0.3 is 5.32 Å². The predicted octanol–water partition coefficient (Wildman–Crippen LogP) is 2.43. The maximum Gasteiger partial charge on any atom is 0.155 e. The number of nitrogens with one attached hydrogen (secondary N) is 1. The van der Waals surface area contributed by atoms with Crippen molar-refractivity contribution in [1.82, 2.24) is 0 Å². The molecule has 0 aliphatic heterocycles. The molecule has 0 bridgehead atoms. The lowest BCUT2D eigenvalue weighted by molar-refractivity contribution is -0.117. The van der Waals surface area contributed by atoms with Crippen LogP contribution in [-0.2, 0) is 4.79 Å². The number of para-hydroxylation sites is 1. The molecular weight excluding hydrogens is 246 g/mol. The largest absolute Gasteiger partial charge is 0.344 e. The molecule has 6 heteroatoms. The second kappa shape index (κ2) is 5.46. The summed E-state index contributed by atoms with van der Waals surface area (Å²) in [5, 5.41) is 10.9. The summed E-state index contributed by atoms with van der Waals surface area (Å²) in [5.74, 6) is -3.37. The average molecular weight is 254 g/mol. The standard InChI is InChI=1S/C11H8F2N2OS/c1-6(16)7(5-14)11(17)15-10-8(12)3-2-4-9(10)13/h2-4,7H,1H3,(H,15,17). The van der Waals surface area contributed by atoms with Gasteiger partial charge in [-0.05, 0) is 19.1 Å². The van der Waals surface area contributed by atoms with Crippen LogP contribution in [0.15, 0.2) is 18.2 Å². The summed E-state index contributed by atoms with van der Waals surface area (Å²) >= 11 is 4.76. The van der Waals surface area contributed by atoms with E-state index in [0.717, 1.165) is 12.1 Å². The minimum Gasteiger partial charge on any atom is -0.344 e. The van der Waals surface area contributed by atoms with Gasteiger partial charge in [0.15, 0.2) is 11.7 Å². The molecule has 0 fully saturated rings. The van der Waals surface area contributed by atoms with Gasteiger partial charge in [-0.3, -0.25) is 4.79 Å². The van der Waals surface area contributed by atoms with Gasteiger partial charge >= 0.3 is 0 Å². The first-order valence-electron chi connectivity index (χ1n) is 4.62. The number of rotatable bonds is 3. The molecule has 0 aliphatic rings. The first-order chi connectivity index (χ1) is 7.97. The van der Waals surface area contributed by atoms with Crippen LogP contribution in [0.5, 0.6) is 0 Å². The van der Waals surface area contributed by atoms with Crippen molar-refractivity contribution in [2.24, 2.45) is 5.92 Å². The Balaban J connectivity index is 2.96. The summed E-state index contributed by atoms with van der Waals surface area (Å²) in [5.41, 5.74) is -0.459. The van der Waals surface area contributed by atoms with Crippen LogP contribution >= 0.6 is 12.2 Å². The molecule has 0 aromatic heterocycles. The summed E-state index contributed by atoms with van der Waals surface area (Å²) in [6, 6.07) is 4.95. The van der Waals surface area contributed by atoms with Crippen LogP contribution < -0.4 is 5.32 Å². The van der Waals surface area contributed by atoms with Crippen LogP contribution in [0.2, 0.25) is 0 Å². The van der Waals surface area contributed by atoms with Gasteiger partial charge in [-0.2, -0.15) is 5.26 Å². The smallest absolute Gasteiger partial charge is 0.155 e. The van der Waals surface area contributed by atoms with Gasteiger partial charge in [0.1, 0.15) is 22.3 Å². The highest BCUT2D eigenvalue weighted by Crippen LogP contribution is 2.19. The zero-order chi connectivity index (χ0) is 13.0. The molecule has 1 aromatic rings. The number of benzene rings is 1. The van der Waals surface area contributed by atoms with Crippen molar-refractivity contribution in [3.8, 4) is 6.07 Å². The fraction of sp³-hybridized carbons (Fsp3) is 0.182. The SMILES string of the molecule is CC(=O)C(C#N)C(=S)Nc1c(F)cccc1F. The van der Waals surface area contributed by atoms with E-state index in [4.69, 9.17) is 17.5 Å². The van der Waals surface area contributed by atoms with E-state index in [-0.39, 0.29) is 4.99 Å². The highest BCUT2D eigenvalue weighted by Gasteiger charge is 2.21. The van der Waals surface area contributed by atoms with E-state index >= 15 is 0 Å². The van der Waals surface area contributed by atoms with Crippen molar-refractivity contribution < 1.29 is 13.6 Å². The molecule has 3 nitrogen and oxygen atoms in total. The molecule has 88 valence electrons. The molecule has 1 rings (SSSR count). The number of ketones is 1. The molecule has 0 heterocycles. The van der Waals surface area contributed by atoms with E-state index in [2.05, 4.69) is 5.32 Å². The molecule has 0 radical (unpaired) electrons. The number of Topliss-reactive ketones (excluding diaryl/α,β-unsaturated/α-hetero) is 1. The minimum absolute atomic E-state index is 0.219. The molecule has 0 aliphatic carbocycles. The maximum atomic E-state index is 13.2. The highest BCUT2D eigenvalue weighted by molar-refractivity contribution is 7.80. The van der Waals surface area contributed by atoms with Crippen LogP contribution in [0.1, 0.15) is 6.92 Å². The van der Waals surface area contributed by atoms with Gasteiger partial charge in [0.05, 0.1) is 6.07 Å². The third kappa shape index (κ3) is 3.04. The van der Waals surface area contributed by atoms with Crippen LogP contribution in [0, 0.1) is 28.9 Å². The molecule has 0 saturated heterocycles. The topological polar surface area (TPSA) is 52.9 Å². The van der Waals surface area contributed by atoms with E-state index in [0.29, 0.717) is 0 Å². The van der Waals surface area contributed by atoms with Gasteiger partial charge in [-0.1, -0.05) is 18.3 Å². The Morgan fingerprint density at radius 2 is 2.00 bits per heavy atom. The van der Waals surface area contributed by atoms with Gasteiger partial charge in [-0.25, -0.2) is 8.78 Å². The Labute approximate surface area is 102 Å².